The molecule has 38 heavy (non-hydrogen) atoms. The number of fused-ring (bicyclic) bond motifs is 1. The number of nitrogens with one attached hydrogen (secondary N) is 1. The van der Waals surface area contributed by atoms with Gasteiger partial charge in [-0.3, -0.25) is 5.10 Å². The molecule has 0 bridgehead atoms. The fraction of sp³-hybridized carbons (Fsp3) is 0.500. The fourth-order valence-electron chi connectivity index (χ4n) is 6.75. The third-order valence-corrected chi connectivity index (χ3v) is 8.93. The van der Waals surface area contributed by atoms with Gasteiger partial charge in [0.2, 0.25) is 0 Å². The summed E-state index contributed by atoms with van der Waals surface area (Å²) >= 11 is 0. The number of H-pyrrole nitrogens is 1. The molecule has 1 saturated carbocycles. The molecule has 1 heterocycles. The Morgan fingerprint density at radius 2 is 1.89 bits per heavy atom. The Kier molecular flexibility index (Phi) is 8.81. The topological polar surface area (TPSA) is 58.1 Å². The number of aromatic amines is 1. The van der Waals surface area contributed by atoms with Gasteiger partial charge in [0.25, 0.3) is 0 Å². The first-order chi connectivity index (χ1) is 18.6. The summed E-state index contributed by atoms with van der Waals surface area (Å²) in [6.07, 6.45) is 19.6. The quantitative estimate of drug-likeness (QED) is 0.280. The lowest BCUT2D eigenvalue weighted by atomic mass is 9.80. The molecule has 0 aliphatic heterocycles. The van der Waals surface area contributed by atoms with Gasteiger partial charge in [-0.2, -0.15) is 5.10 Å². The molecule has 4 nitrogen and oxygen atoms in total. The van der Waals surface area contributed by atoms with E-state index in [1.807, 2.05) is 0 Å². The number of hydrogen-bond acceptors (Lipinski definition) is 3. The van der Waals surface area contributed by atoms with E-state index in [0.717, 1.165) is 48.9 Å². The van der Waals surface area contributed by atoms with Gasteiger partial charge in [-0.05, 0) is 85.5 Å². The Morgan fingerprint density at radius 1 is 1.08 bits per heavy atom. The Morgan fingerprint density at radius 3 is 2.74 bits per heavy atom. The maximum atomic E-state index is 9.60. The first-order valence-corrected chi connectivity index (χ1v) is 14.6. The van der Waals surface area contributed by atoms with Crippen molar-refractivity contribution in [2.75, 3.05) is 13.7 Å². The second-order valence-electron chi connectivity index (χ2n) is 11.9. The summed E-state index contributed by atoms with van der Waals surface area (Å²) in [4.78, 5) is 0. The molecule has 1 aromatic heterocycles. The van der Waals surface area contributed by atoms with E-state index < -0.39 is 0 Å². The molecule has 0 spiro atoms. The average Bonchev–Trinajstić information content (AvgIpc) is 3.08. The van der Waals surface area contributed by atoms with E-state index >= 15 is 0 Å². The lowest BCUT2D eigenvalue weighted by Gasteiger charge is -2.25. The molecular formula is C34H44N2O2. The minimum Gasteiger partial charge on any atom is -0.396 e. The van der Waals surface area contributed by atoms with E-state index in [-0.39, 0.29) is 0 Å². The standard InChI is InChI=1S/C34H44N2O2/c1-23-16-30(20-32-33(17-23)35-36-34(32)31-13-5-4-10-29(31)22-38-3)28-12-7-11-27(19-28)24(2)18-25-8-6-9-26(21-37)15-14-25/h4-5,7,10-13,20,23,25-27,37H,2,6,8-9,14-19,21-22H2,1,3H3,(H,35,36). The minimum absolute atomic E-state index is 0.346. The molecule has 3 aliphatic carbocycles. The molecule has 5 rings (SSSR count). The smallest absolute Gasteiger partial charge is 0.0999 e. The van der Waals surface area contributed by atoms with Gasteiger partial charge in [0, 0.05) is 36.5 Å². The lowest BCUT2D eigenvalue weighted by Crippen LogP contribution is -2.11. The molecule has 1 aromatic carbocycles. The molecule has 202 valence electrons. The molecule has 2 N–H and O–H groups in total. The van der Waals surface area contributed by atoms with Crippen LogP contribution in [0.25, 0.3) is 17.3 Å². The number of aromatic nitrogens is 2. The van der Waals surface area contributed by atoms with Crippen molar-refractivity contribution in [3.8, 4) is 11.3 Å². The molecule has 0 amide bonds. The maximum absolute atomic E-state index is 9.60. The molecule has 4 heteroatoms. The zero-order valence-electron chi connectivity index (χ0n) is 23.2. The predicted molar refractivity (Wildman–Crippen MR) is 156 cm³/mol. The summed E-state index contributed by atoms with van der Waals surface area (Å²) in [6, 6.07) is 8.44. The number of aliphatic hydroxyl groups excluding tert-OH is 1. The molecule has 0 saturated heterocycles. The summed E-state index contributed by atoms with van der Waals surface area (Å²) in [5.74, 6) is 2.16. The third kappa shape index (κ3) is 6.13. The van der Waals surface area contributed by atoms with Crippen LogP contribution in [0, 0.1) is 23.7 Å². The molecule has 0 radical (unpaired) electrons. The molecular weight excluding hydrogens is 468 g/mol. The van der Waals surface area contributed by atoms with Crippen LogP contribution >= 0.6 is 0 Å². The second-order valence-corrected chi connectivity index (χ2v) is 11.9. The Hall–Kier alpha value is -2.69. The number of allylic oxidation sites excluding steroid dienone is 6. The van der Waals surface area contributed by atoms with E-state index in [1.54, 1.807) is 7.11 Å². The molecule has 3 aliphatic rings. The zero-order chi connectivity index (χ0) is 26.5. The second kappa shape index (κ2) is 12.4. The molecule has 4 atom stereocenters. The Balaban J connectivity index is 1.35. The van der Waals surface area contributed by atoms with Gasteiger partial charge in [-0.15, -0.1) is 0 Å². The van der Waals surface area contributed by atoms with Crippen molar-refractivity contribution in [1.29, 1.82) is 0 Å². The van der Waals surface area contributed by atoms with Gasteiger partial charge in [0.15, 0.2) is 0 Å². The van der Waals surface area contributed by atoms with Crippen molar-refractivity contribution >= 4 is 6.08 Å². The van der Waals surface area contributed by atoms with Crippen LogP contribution in [0.5, 0.6) is 0 Å². The highest BCUT2D eigenvalue weighted by Gasteiger charge is 2.26. The van der Waals surface area contributed by atoms with Gasteiger partial charge in [0.05, 0.1) is 12.3 Å². The summed E-state index contributed by atoms with van der Waals surface area (Å²) < 4.78 is 5.49. The highest BCUT2D eigenvalue weighted by atomic mass is 16.5. The SMILES string of the molecule is C=C(CC1CCCC(CO)CC1)C1C=CC=C(C2=Cc3c(-c4ccccc4COC)n[nH]c3CC(C)C2)C1. The van der Waals surface area contributed by atoms with Gasteiger partial charge < -0.3 is 9.84 Å². The number of rotatable bonds is 8. The van der Waals surface area contributed by atoms with Crippen LogP contribution < -0.4 is 0 Å². The number of methoxy groups -OCH3 is 1. The van der Waals surface area contributed by atoms with Crippen LogP contribution in [-0.2, 0) is 17.8 Å². The van der Waals surface area contributed by atoms with Crippen molar-refractivity contribution in [2.24, 2.45) is 23.7 Å². The van der Waals surface area contributed by atoms with Crippen LogP contribution in [0.2, 0.25) is 0 Å². The molecule has 4 unspecified atom stereocenters. The highest BCUT2D eigenvalue weighted by molar-refractivity contribution is 5.78. The fourth-order valence-corrected chi connectivity index (χ4v) is 6.75. The lowest BCUT2D eigenvalue weighted by molar-refractivity contribution is 0.185. The third-order valence-electron chi connectivity index (χ3n) is 8.93. The monoisotopic (exact) mass is 512 g/mol. The minimum atomic E-state index is 0.346. The first-order valence-electron chi connectivity index (χ1n) is 14.6. The number of hydrogen-bond donors (Lipinski definition) is 2. The summed E-state index contributed by atoms with van der Waals surface area (Å²) in [7, 11) is 1.75. The van der Waals surface area contributed by atoms with E-state index in [2.05, 4.69) is 67.2 Å². The highest BCUT2D eigenvalue weighted by Crippen LogP contribution is 2.40. The van der Waals surface area contributed by atoms with Crippen LogP contribution in [-0.4, -0.2) is 29.0 Å². The first kappa shape index (κ1) is 26.9. The Bertz CT molecular complexity index is 1220. The van der Waals surface area contributed by atoms with E-state index in [1.165, 1.54) is 53.7 Å². The van der Waals surface area contributed by atoms with Crippen molar-refractivity contribution in [2.45, 2.75) is 71.3 Å². The molecule has 2 aromatic rings. The number of nitrogens with zero attached hydrogens (tertiary/aromatic N) is 1. The average molecular weight is 513 g/mol. The van der Waals surface area contributed by atoms with Crippen LogP contribution in [0.4, 0.5) is 0 Å². The zero-order valence-corrected chi connectivity index (χ0v) is 23.2. The van der Waals surface area contributed by atoms with E-state index in [4.69, 9.17) is 9.84 Å². The number of aliphatic hydroxyl groups is 1. The summed E-state index contributed by atoms with van der Waals surface area (Å²) in [5.41, 5.74) is 10.1. The summed E-state index contributed by atoms with van der Waals surface area (Å²) in [6.45, 7) is 7.86. The van der Waals surface area contributed by atoms with Crippen molar-refractivity contribution in [3.63, 3.8) is 0 Å². The van der Waals surface area contributed by atoms with Crippen LogP contribution in [0.3, 0.4) is 0 Å². The number of ether oxygens (including phenoxy) is 1. The van der Waals surface area contributed by atoms with Gasteiger partial charge >= 0.3 is 0 Å². The van der Waals surface area contributed by atoms with E-state index in [0.29, 0.717) is 36.9 Å². The van der Waals surface area contributed by atoms with Crippen molar-refractivity contribution in [1.82, 2.24) is 10.2 Å². The molecule has 1 fully saturated rings. The van der Waals surface area contributed by atoms with Gasteiger partial charge in [-0.1, -0.05) is 74.4 Å². The predicted octanol–water partition coefficient (Wildman–Crippen LogP) is 7.83. The van der Waals surface area contributed by atoms with E-state index in [9.17, 15) is 5.11 Å². The van der Waals surface area contributed by atoms with Crippen LogP contribution in [0.1, 0.15) is 75.1 Å². The normalized spacial score (nSPS) is 25.7. The number of benzene rings is 1. The summed E-state index contributed by atoms with van der Waals surface area (Å²) in [5, 5.41) is 17.8. The van der Waals surface area contributed by atoms with Crippen molar-refractivity contribution < 1.29 is 9.84 Å². The van der Waals surface area contributed by atoms with Gasteiger partial charge in [0.1, 0.15) is 0 Å². The van der Waals surface area contributed by atoms with Crippen LogP contribution in [0.15, 0.2) is 65.8 Å². The Labute approximate surface area is 228 Å². The maximum Gasteiger partial charge on any atom is 0.0999 e. The van der Waals surface area contributed by atoms with Crippen molar-refractivity contribution in [3.05, 3.63) is 82.6 Å². The van der Waals surface area contributed by atoms with Gasteiger partial charge in [-0.25, -0.2) is 0 Å². The largest absolute Gasteiger partial charge is 0.396 e.